The van der Waals surface area contributed by atoms with Crippen molar-refractivity contribution < 1.29 is 33.1 Å². The third-order valence-corrected chi connectivity index (χ3v) is 18.7. The zero-order valence-electron chi connectivity index (χ0n) is 50.2. The van der Waals surface area contributed by atoms with Crippen molar-refractivity contribution in [2.24, 2.45) is 10.8 Å². The average molecular weight is 1350 g/mol. The number of rotatable bonds is 9. The quantitative estimate of drug-likeness (QED) is 0.0405. The van der Waals surface area contributed by atoms with E-state index in [4.69, 9.17) is 87.0 Å². The molecule has 0 amide bonds. The lowest BCUT2D eigenvalue weighted by molar-refractivity contribution is -0.385. The van der Waals surface area contributed by atoms with Gasteiger partial charge in [-0.1, -0.05) is 92.8 Å². The number of halogens is 6. The highest BCUT2D eigenvalue weighted by Gasteiger charge is 2.60. The Morgan fingerprint density at radius 2 is 1.17 bits per heavy atom. The van der Waals surface area contributed by atoms with Crippen molar-refractivity contribution in [2.45, 2.75) is 145 Å². The van der Waals surface area contributed by atoms with Crippen molar-refractivity contribution in [3.63, 3.8) is 0 Å². The molecule has 6 N–H and O–H groups in total. The molecular formula is C61H75B3Br2Cl4N6O8. The predicted molar refractivity (Wildman–Crippen MR) is 355 cm³/mol. The molecule has 3 aliphatic rings. The van der Waals surface area contributed by atoms with Crippen molar-refractivity contribution in [1.29, 1.82) is 5.26 Å². The summed E-state index contributed by atoms with van der Waals surface area (Å²) in [5, 5.41) is 21.7. The number of aromatic nitrogens is 1. The molecule has 3 aliphatic heterocycles. The van der Waals surface area contributed by atoms with Crippen molar-refractivity contribution >= 4 is 133 Å². The number of nitrogens with two attached hydrogens (primary N) is 3. The standard InChI is InChI=1S/C23H22ClN3O2.C14H28B2O2.C12H17BClNO2.C6H3BrClNO2.C6H5BrClN/c1-3-29-23(28)11-7-18-6-10-22(19-8-5-17(24)13-20(19)26)27(18)21-9-4-16(14-25)12-15(21)2;1-11(2)9-15(10-12(11,3)4)16-17-13(5,6)14(7,8)18-16;1-11(2)12(3,4)17-13(16-11)9-6-5-8(14)7-10(9)15;7-5-2-1-4(8)3-6(5)9(10)11;7-5-2-1-4(8)3-6(5)9/h4-6,8-10,12-13H,3,7,11,26H2,1-2H3;9-10H2,1-8H3;5-7H,15H2,1-4H3;1-3H;1-3H,9H2. The molecule has 3 saturated heterocycles. The molecule has 6 aromatic rings. The first kappa shape index (κ1) is 70.1. The maximum Gasteiger partial charge on any atom is 0.496 e. The van der Waals surface area contributed by atoms with Gasteiger partial charge in [-0.05, 0) is 215 Å². The van der Waals surface area contributed by atoms with E-state index in [1.165, 1.54) is 18.7 Å². The third-order valence-electron chi connectivity index (χ3n) is 16.4. The number of carbonyl (C=O) groups excluding carboxylic acids is 1. The van der Waals surface area contributed by atoms with Gasteiger partial charge in [-0.2, -0.15) is 5.26 Å². The molecule has 0 spiro atoms. The minimum absolute atomic E-state index is 0.0162. The normalized spacial score (nSPS) is 17.2. The molecule has 14 nitrogen and oxygen atoms in total. The van der Waals surface area contributed by atoms with Gasteiger partial charge in [-0.25, -0.2) is 0 Å². The van der Waals surface area contributed by atoms with Crippen molar-refractivity contribution in [2.75, 3.05) is 23.8 Å². The van der Waals surface area contributed by atoms with Gasteiger partial charge >= 0.3 is 20.1 Å². The molecule has 3 fully saturated rings. The molecule has 0 bridgehead atoms. The Balaban J connectivity index is 0.000000204. The molecule has 9 rings (SSSR count). The van der Waals surface area contributed by atoms with E-state index in [1.807, 2.05) is 77.1 Å². The fourth-order valence-electron chi connectivity index (χ4n) is 9.45. The van der Waals surface area contributed by atoms with Crippen LogP contribution in [0.15, 0.2) is 112 Å². The van der Waals surface area contributed by atoms with Crippen LogP contribution in [0.3, 0.4) is 0 Å². The summed E-state index contributed by atoms with van der Waals surface area (Å²) in [7, 11) is -0.465. The van der Waals surface area contributed by atoms with Crippen molar-refractivity contribution in [1.82, 2.24) is 4.57 Å². The highest BCUT2D eigenvalue weighted by atomic mass is 79.9. The third kappa shape index (κ3) is 17.5. The molecule has 0 unspecified atom stereocenters. The minimum Gasteiger partial charge on any atom is -0.466 e. The van der Waals surface area contributed by atoms with E-state index in [9.17, 15) is 20.2 Å². The number of esters is 1. The van der Waals surface area contributed by atoms with E-state index in [2.05, 4.69) is 97.9 Å². The van der Waals surface area contributed by atoms with Crippen LogP contribution in [0.4, 0.5) is 22.7 Å². The number of anilines is 3. The van der Waals surface area contributed by atoms with Crippen LogP contribution in [0.1, 0.15) is 113 Å². The van der Waals surface area contributed by atoms with E-state index in [0.717, 1.165) is 38.1 Å². The second-order valence-electron chi connectivity index (χ2n) is 24.1. The summed E-state index contributed by atoms with van der Waals surface area (Å²) in [5.74, 6) is -0.232. The number of ether oxygens (including phenoxy) is 1. The second kappa shape index (κ2) is 28.4. The Hall–Kier alpha value is -4.71. The number of nitrogens with zero attached hydrogens (tertiary/aromatic N) is 3. The lowest BCUT2D eigenvalue weighted by atomic mass is 9.22. The van der Waals surface area contributed by atoms with Gasteiger partial charge in [0.05, 0.1) is 62.2 Å². The van der Waals surface area contributed by atoms with Gasteiger partial charge in [0.2, 0.25) is 0 Å². The number of nitro groups is 1. The van der Waals surface area contributed by atoms with Gasteiger partial charge in [0.1, 0.15) is 0 Å². The van der Waals surface area contributed by atoms with Crippen LogP contribution >= 0.6 is 78.3 Å². The van der Waals surface area contributed by atoms with Crippen LogP contribution in [-0.2, 0) is 34.6 Å². The summed E-state index contributed by atoms with van der Waals surface area (Å²) in [6.07, 6.45) is 3.18. The summed E-state index contributed by atoms with van der Waals surface area (Å²) in [6.45, 7) is 30.7. The second-order valence-corrected chi connectivity index (χ2v) is 27.6. The highest BCUT2D eigenvalue weighted by molar-refractivity contribution is 9.11. The summed E-state index contributed by atoms with van der Waals surface area (Å²) >= 11 is 29.4. The minimum atomic E-state index is -0.490. The number of hydrogen-bond donors (Lipinski definition) is 3. The van der Waals surface area contributed by atoms with Crippen molar-refractivity contribution in [3.8, 4) is 23.0 Å². The summed E-state index contributed by atoms with van der Waals surface area (Å²) in [6, 6.07) is 32.2. The largest absolute Gasteiger partial charge is 0.496 e. The molecule has 0 atom stereocenters. The van der Waals surface area contributed by atoms with Crippen LogP contribution < -0.4 is 22.7 Å². The van der Waals surface area contributed by atoms with Gasteiger partial charge < -0.3 is 45.1 Å². The Morgan fingerprint density at radius 1 is 0.679 bits per heavy atom. The molecule has 448 valence electrons. The zero-order valence-corrected chi connectivity index (χ0v) is 56.4. The number of aryl methyl sites for hydroxylation is 2. The molecule has 5 aromatic carbocycles. The number of nitrogen functional groups attached to an aromatic ring is 3. The first-order chi connectivity index (χ1) is 38.9. The Bertz CT molecular complexity index is 3300. The van der Waals surface area contributed by atoms with Gasteiger partial charge in [0.15, 0.2) is 6.60 Å². The van der Waals surface area contributed by atoms with E-state index in [0.29, 0.717) is 77.7 Å². The number of carbonyl (C=O) groups is 1. The molecule has 4 heterocycles. The molecule has 0 radical (unpaired) electrons. The number of hydrogen-bond acceptors (Lipinski definition) is 12. The smallest absolute Gasteiger partial charge is 0.466 e. The number of nitriles is 1. The van der Waals surface area contributed by atoms with Gasteiger partial charge in [0.25, 0.3) is 5.69 Å². The van der Waals surface area contributed by atoms with E-state index >= 15 is 0 Å². The topological polar surface area (TPSA) is 213 Å². The Kier molecular flexibility index (Phi) is 23.7. The number of benzene rings is 5. The molecular weight excluding hydrogens is 1280 g/mol. The number of nitro benzene ring substituents is 1. The molecule has 23 heteroatoms. The monoisotopic (exact) mass is 1350 g/mol. The maximum absolute atomic E-state index is 11.9. The first-order valence-electron chi connectivity index (χ1n) is 27.4. The molecule has 0 aliphatic carbocycles. The Morgan fingerprint density at radius 3 is 1.63 bits per heavy atom. The van der Waals surface area contributed by atoms with Gasteiger partial charge in [0, 0.05) is 70.1 Å². The lowest BCUT2D eigenvalue weighted by Crippen LogP contribution is -2.41. The predicted octanol–water partition coefficient (Wildman–Crippen LogP) is 16.7. The van der Waals surface area contributed by atoms with E-state index in [-0.39, 0.29) is 47.5 Å². The SMILES string of the molecule is CC1(C)CB(B2OC(C)(C)C(C)(C)O2)CC1(C)C.CC1(C)OB(c2ccc(Cl)cc2N)OC1(C)C.CCOC(=O)CCc1ccc(-c2ccc(Cl)cc2N)n1-c1ccc(C#N)cc1C.Nc1cc(Cl)ccc1Br.O=[N+]([O-])c1cc(Cl)ccc1Br. The fourth-order valence-corrected chi connectivity index (χ4v) is 10.8. The van der Waals surface area contributed by atoms with Crippen molar-refractivity contribution in [3.05, 3.63) is 159 Å². The average Bonchev–Trinajstić information content (AvgIpc) is 2.04. The summed E-state index contributed by atoms with van der Waals surface area (Å²) in [4.78, 5) is 21.7. The first-order valence-corrected chi connectivity index (χ1v) is 30.4. The summed E-state index contributed by atoms with van der Waals surface area (Å²) < 4.78 is 32.7. The van der Waals surface area contributed by atoms with Gasteiger partial charge in [-0.15, -0.1) is 0 Å². The maximum atomic E-state index is 11.9. The zero-order chi connectivity index (χ0) is 63.1. The van der Waals surface area contributed by atoms with Crippen LogP contribution in [0.2, 0.25) is 32.7 Å². The summed E-state index contributed by atoms with van der Waals surface area (Å²) in [5.41, 5.74) is 25.1. The van der Waals surface area contributed by atoms with Crippen LogP contribution in [0, 0.1) is 39.2 Å². The van der Waals surface area contributed by atoms with Crippen LogP contribution in [0.5, 0.6) is 0 Å². The fraction of sp³-hybridized carbons (Fsp3) is 0.410. The van der Waals surface area contributed by atoms with E-state index in [1.54, 1.807) is 61.5 Å². The van der Waals surface area contributed by atoms with Gasteiger partial charge in [-0.3, -0.25) is 14.9 Å². The molecule has 1 aromatic heterocycles. The molecule has 0 saturated carbocycles. The highest BCUT2D eigenvalue weighted by Crippen LogP contribution is 2.55. The lowest BCUT2D eigenvalue weighted by Gasteiger charge is -2.35. The van der Waals surface area contributed by atoms with Crippen LogP contribution in [0.25, 0.3) is 16.9 Å². The molecule has 84 heavy (non-hydrogen) atoms. The van der Waals surface area contributed by atoms with Crippen LogP contribution in [-0.4, -0.2) is 65.2 Å². The Labute approximate surface area is 533 Å². The van der Waals surface area contributed by atoms with E-state index < -0.39 is 12.0 Å².